The highest BCUT2D eigenvalue weighted by Crippen LogP contribution is 2.41. The van der Waals surface area contributed by atoms with Gasteiger partial charge < -0.3 is 0 Å². The average Bonchev–Trinajstić information content (AvgIpc) is 2.46. The van der Waals surface area contributed by atoms with Crippen molar-refractivity contribution < 1.29 is 0 Å². The van der Waals surface area contributed by atoms with Crippen molar-refractivity contribution in [1.82, 2.24) is 0 Å². The summed E-state index contributed by atoms with van der Waals surface area (Å²) < 4.78 is 0. The van der Waals surface area contributed by atoms with Gasteiger partial charge in [-0.25, -0.2) is 0 Å². The van der Waals surface area contributed by atoms with Gasteiger partial charge in [0, 0.05) is 16.2 Å². The Morgan fingerprint density at radius 1 is 0.960 bits per heavy atom. The maximum Gasteiger partial charge on any atom is 0.146 e. The standard InChI is InChI=1S/C21H33N3Si/c1-15(2)25(16(3)4,17(5)6)11-10-18-12-19(21(7,8)9)14-20(13-18)23-24-22/h12-17H,1-9H3. The molecule has 136 valence electrons. The predicted molar refractivity (Wildman–Crippen MR) is 112 cm³/mol. The minimum Gasteiger partial charge on any atom is -0.125 e. The van der Waals surface area contributed by atoms with E-state index in [1.807, 2.05) is 12.1 Å². The third kappa shape index (κ3) is 4.90. The molecule has 0 N–H and O–H groups in total. The normalized spacial score (nSPS) is 12.2. The van der Waals surface area contributed by atoms with Crippen LogP contribution in [-0.2, 0) is 5.41 Å². The number of hydrogen-bond acceptors (Lipinski definition) is 1. The van der Waals surface area contributed by atoms with Crippen molar-refractivity contribution >= 4 is 13.8 Å². The number of nitrogens with zero attached hydrogens (tertiary/aromatic N) is 3. The zero-order valence-electron chi connectivity index (χ0n) is 17.3. The molecule has 25 heavy (non-hydrogen) atoms. The summed E-state index contributed by atoms with van der Waals surface area (Å²) in [7, 11) is -1.77. The fourth-order valence-electron chi connectivity index (χ4n) is 3.84. The lowest BCUT2D eigenvalue weighted by Gasteiger charge is -2.38. The lowest BCUT2D eigenvalue weighted by molar-refractivity contribution is 0.590. The second-order valence-electron chi connectivity index (χ2n) is 8.86. The van der Waals surface area contributed by atoms with E-state index >= 15 is 0 Å². The molecule has 0 atom stereocenters. The molecule has 0 saturated heterocycles. The molecular weight excluding hydrogens is 322 g/mol. The van der Waals surface area contributed by atoms with E-state index in [-0.39, 0.29) is 5.41 Å². The van der Waals surface area contributed by atoms with Crippen LogP contribution in [0.25, 0.3) is 10.4 Å². The van der Waals surface area contributed by atoms with Crippen LogP contribution in [-0.4, -0.2) is 8.07 Å². The van der Waals surface area contributed by atoms with E-state index in [1.165, 1.54) is 0 Å². The molecule has 0 bridgehead atoms. The van der Waals surface area contributed by atoms with Crippen LogP contribution in [0.15, 0.2) is 23.3 Å². The summed E-state index contributed by atoms with van der Waals surface area (Å²) in [6.45, 7) is 20.4. The van der Waals surface area contributed by atoms with E-state index in [0.717, 1.165) is 11.1 Å². The van der Waals surface area contributed by atoms with Crippen LogP contribution in [0.3, 0.4) is 0 Å². The summed E-state index contributed by atoms with van der Waals surface area (Å²) in [5.74, 6) is 3.47. The van der Waals surface area contributed by atoms with Gasteiger partial charge in [0.05, 0.1) is 0 Å². The van der Waals surface area contributed by atoms with Crippen LogP contribution in [0.2, 0.25) is 16.6 Å². The van der Waals surface area contributed by atoms with Crippen LogP contribution < -0.4 is 0 Å². The Morgan fingerprint density at radius 2 is 1.48 bits per heavy atom. The summed E-state index contributed by atoms with van der Waals surface area (Å²) in [6.07, 6.45) is 0. The molecule has 0 amide bonds. The average molecular weight is 356 g/mol. The largest absolute Gasteiger partial charge is 0.146 e. The number of azide groups is 1. The fourth-order valence-corrected chi connectivity index (χ4v) is 9.07. The molecule has 0 saturated carbocycles. The predicted octanol–water partition coefficient (Wildman–Crippen LogP) is 7.50. The third-order valence-corrected chi connectivity index (χ3v) is 11.5. The Labute approximate surface area is 154 Å². The van der Waals surface area contributed by atoms with Crippen molar-refractivity contribution in [2.75, 3.05) is 0 Å². The molecule has 0 aliphatic rings. The molecule has 0 unspecified atom stereocenters. The Kier molecular flexibility index (Phi) is 6.94. The maximum absolute atomic E-state index is 8.81. The first-order valence-corrected chi connectivity index (χ1v) is 11.4. The molecule has 0 heterocycles. The minimum absolute atomic E-state index is 0.0138. The highest BCUT2D eigenvalue weighted by Gasteiger charge is 2.41. The number of rotatable bonds is 4. The molecule has 0 radical (unpaired) electrons. The van der Waals surface area contributed by atoms with Crippen LogP contribution in [0.4, 0.5) is 5.69 Å². The molecular formula is C21H33N3Si. The Bertz CT molecular complexity index is 687. The van der Waals surface area contributed by atoms with E-state index in [4.69, 9.17) is 5.53 Å². The first-order valence-electron chi connectivity index (χ1n) is 9.19. The quantitative estimate of drug-likeness (QED) is 0.176. The van der Waals surface area contributed by atoms with Crippen LogP contribution >= 0.6 is 0 Å². The van der Waals surface area contributed by atoms with E-state index in [1.54, 1.807) is 0 Å². The lowest BCUT2D eigenvalue weighted by atomic mass is 9.86. The Hall–Kier alpha value is -1.69. The second kappa shape index (κ2) is 8.12. The molecule has 1 aromatic rings. The van der Waals surface area contributed by atoms with Gasteiger partial charge in [0.15, 0.2) is 0 Å². The van der Waals surface area contributed by atoms with E-state index in [9.17, 15) is 0 Å². The summed E-state index contributed by atoms with van der Waals surface area (Å²) in [6, 6.07) is 6.01. The molecule has 1 aromatic carbocycles. The zero-order valence-corrected chi connectivity index (χ0v) is 18.3. The molecule has 0 spiro atoms. The van der Waals surface area contributed by atoms with Crippen molar-refractivity contribution in [3.63, 3.8) is 0 Å². The maximum atomic E-state index is 8.81. The first-order chi connectivity index (χ1) is 11.4. The smallest absolute Gasteiger partial charge is 0.125 e. The van der Waals surface area contributed by atoms with Crippen molar-refractivity contribution in [3.8, 4) is 11.5 Å². The van der Waals surface area contributed by atoms with Gasteiger partial charge in [-0.05, 0) is 51.3 Å². The third-order valence-electron chi connectivity index (χ3n) is 5.23. The van der Waals surface area contributed by atoms with Gasteiger partial charge in [-0.2, -0.15) is 0 Å². The summed E-state index contributed by atoms with van der Waals surface area (Å²) in [5, 5.41) is 3.82. The van der Waals surface area contributed by atoms with Gasteiger partial charge >= 0.3 is 0 Å². The molecule has 4 heteroatoms. The van der Waals surface area contributed by atoms with Crippen LogP contribution in [0.5, 0.6) is 0 Å². The van der Waals surface area contributed by atoms with Gasteiger partial charge in [0.1, 0.15) is 8.07 Å². The first kappa shape index (κ1) is 21.3. The van der Waals surface area contributed by atoms with E-state index in [0.29, 0.717) is 22.3 Å². The zero-order chi connectivity index (χ0) is 19.4. The SMILES string of the molecule is CC(C)[Si](C#Cc1cc(N=[N+]=[N-])cc(C(C)(C)C)c1)(C(C)C)C(C)C. The van der Waals surface area contributed by atoms with E-state index < -0.39 is 8.07 Å². The lowest BCUT2D eigenvalue weighted by Crippen LogP contribution is -2.43. The topological polar surface area (TPSA) is 48.8 Å². The second-order valence-corrected chi connectivity index (χ2v) is 14.4. The molecule has 0 aliphatic carbocycles. The molecule has 1 rings (SSSR count). The Balaban J connectivity index is 3.55. The molecule has 0 fully saturated rings. The van der Waals surface area contributed by atoms with Gasteiger partial charge in [0.25, 0.3) is 0 Å². The van der Waals surface area contributed by atoms with Crippen LogP contribution in [0.1, 0.15) is 73.4 Å². The van der Waals surface area contributed by atoms with Gasteiger partial charge in [-0.3, -0.25) is 0 Å². The fraction of sp³-hybridized carbons (Fsp3) is 0.619. The van der Waals surface area contributed by atoms with Gasteiger partial charge in [-0.15, -0.1) is 5.54 Å². The minimum atomic E-state index is -1.77. The molecule has 0 aromatic heterocycles. The molecule has 3 nitrogen and oxygen atoms in total. The van der Waals surface area contributed by atoms with Crippen molar-refractivity contribution in [2.45, 2.75) is 84.4 Å². The summed E-state index contributed by atoms with van der Waals surface area (Å²) in [4.78, 5) is 2.95. The Morgan fingerprint density at radius 3 is 1.88 bits per heavy atom. The van der Waals surface area contributed by atoms with Crippen LogP contribution in [0, 0.1) is 11.5 Å². The highest BCUT2D eigenvalue weighted by molar-refractivity contribution is 6.90. The van der Waals surface area contributed by atoms with E-state index in [2.05, 4.69) is 89.9 Å². The number of hydrogen-bond donors (Lipinski definition) is 0. The summed E-state index contributed by atoms with van der Waals surface area (Å²) in [5.41, 5.74) is 17.1. The summed E-state index contributed by atoms with van der Waals surface area (Å²) >= 11 is 0. The molecule has 0 aliphatic heterocycles. The van der Waals surface area contributed by atoms with Gasteiger partial charge in [-0.1, -0.05) is 73.3 Å². The highest BCUT2D eigenvalue weighted by atomic mass is 28.3. The van der Waals surface area contributed by atoms with Gasteiger partial charge in [0.2, 0.25) is 0 Å². The monoisotopic (exact) mass is 355 g/mol. The number of benzene rings is 1. The van der Waals surface area contributed by atoms with Crippen molar-refractivity contribution in [1.29, 1.82) is 0 Å². The van der Waals surface area contributed by atoms with Crippen molar-refractivity contribution in [2.24, 2.45) is 5.11 Å². The van der Waals surface area contributed by atoms with Crippen molar-refractivity contribution in [3.05, 3.63) is 39.8 Å².